The van der Waals surface area contributed by atoms with Gasteiger partial charge >= 0.3 is 0 Å². The van der Waals surface area contributed by atoms with Crippen LogP contribution >= 0.6 is 0 Å². The highest BCUT2D eigenvalue weighted by atomic mass is 16.7. The molecule has 0 N–H and O–H groups in total. The van der Waals surface area contributed by atoms with Crippen molar-refractivity contribution in [3.05, 3.63) is 30.0 Å². The van der Waals surface area contributed by atoms with Crippen LogP contribution in [0.3, 0.4) is 0 Å². The SMILES string of the molecule is O=C(Cc1noc2ccccc12)N1CCCCC1C1OCCO1. The Morgan fingerprint density at radius 2 is 2.04 bits per heavy atom. The minimum atomic E-state index is -0.284. The zero-order chi connectivity index (χ0) is 15.6. The van der Waals surface area contributed by atoms with E-state index in [1.807, 2.05) is 29.2 Å². The molecule has 2 aliphatic rings. The van der Waals surface area contributed by atoms with Crippen molar-refractivity contribution in [3.63, 3.8) is 0 Å². The molecule has 1 aromatic heterocycles. The molecule has 3 heterocycles. The second-order valence-corrected chi connectivity index (χ2v) is 6.06. The van der Waals surface area contributed by atoms with Gasteiger partial charge in [-0.1, -0.05) is 17.3 Å². The molecule has 4 rings (SSSR count). The molecule has 2 fully saturated rings. The van der Waals surface area contributed by atoms with Crippen molar-refractivity contribution in [2.45, 2.75) is 38.0 Å². The summed E-state index contributed by atoms with van der Waals surface area (Å²) in [7, 11) is 0. The number of piperidine rings is 1. The van der Waals surface area contributed by atoms with Gasteiger partial charge in [0.2, 0.25) is 5.91 Å². The van der Waals surface area contributed by atoms with E-state index in [0.29, 0.717) is 24.5 Å². The van der Waals surface area contributed by atoms with E-state index >= 15 is 0 Å². The number of likely N-dealkylation sites (tertiary alicyclic amines) is 1. The quantitative estimate of drug-likeness (QED) is 0.868. The lowest BCUT2D eigenvalue weighted by molar-refractivity contribution is -0.150. The van der Waals surface area contributed by atoms with E-state index in [4.69, 9.17) is 14.0 Å². The summed E-state index contributed by atoms with van der Waals surface area (Å²) in [5, 5.41) is 4.97. The van der Waals surface area contributed by atoms with Gasteiger partial charge in [-0.3, -0.25) is 4.79 Å². The predicted molar refractivity (Wildman–Crippen MR) is 82.8 cm³/mol. The Hall–Kier alpha value is -1.92. The van der Waals surface area contributed by atoms with Gasteiger partial charge in [-0.25, -0.2) is 0 Å². The maximum absolute atomic E-state index is 12.8. The lowest BCUT2D eigenvalue weighted by Gasteiger charge is -2.38. The number of hydrogen-bond acceptors (Lipinski definition) is 5. The van der Waals surface area contributed by atoms with E-state index in [1.54, 1.807) is 0 Å². The van der Waals surface area contributed by atoms with Crippen LogP contribution in [-0.4, -0.2) is 48.1 Å². The van der Waals surface area contributed by atoms with E-state index in [1.165, 1.54) is 0 Å². The molecule has 0 saturated carbocycles. The fraction of sp³-hybridized carbons (Fsp3) is 0.529. The number of hydrogen-bond donors (Lipinski definition) is 0. The molecule has 122 valence electrons. The van der Waals surface area contributed by atoms with Crippen LogP contribution in [0.5, 0.6) is 0 Å². The van der Waals surface area contributed by atoms with Gasteiger partial charge in [0.15, 0.2) is 11.9 Å². The van der Waals surface area contributed by atoms with Crippen molar-refractivity contribution >= 4 is 16.9 Å². The molecule has 1 aromatic carbocycles. The molecule has 0 bridgehead atoms. The second-order valence-electron chi connectivity index (χ2n) is 6.06. The number of rotatable bonds is 3. The van der Waals surface area contributed by atoms with E-state index in [0.717, 1.165) is 31.2 Å². The first kappa shape index (κ1) is 14.7. The van der Waals surface area contributed by atoms with Crippen molar-refractivity contribution in [2.75, 3.05) is 19.8 Å². The normalized spacial score (nSPS) is 22.8. The van der Waals surface area contributed by atoms with Gasteiger partial charge in [0, 0.05) is 11.9 Å². The Balaban J connectivity index is 1.52. The first-order chi connectivity index (χ1) is 11.3. The van der Waals surface area contributed by atoms with Gasteiger partial charge in [0.25, 0.3) is 0 Å². The van der Waals surface area contributed by atoms with E-state index in [-0.39, 0.29) is 24.7 Å². The standard InChI is InChI=1S/C17H20N2O4/c20-16(11-13-12-5-1-2-7-15(12)23-18-13)19-8-4-3-6-14(19)17-21-9-10-22-17/h1-2,5,7,14,17H,3-4,6,8-11H2. The smallest absolute Gasteiger partial charge is 0.229 e. The maximum atomic E-state index is 12.8. The minimum Gasteiger partial charge on any atom is -0.356 e. The fourth-order valence-corrected chi connectivity index (χ4v) is 3.46. The highest BCUT2D eigenvalue weighted by Gasteiger charge is 2.36. The summed E-state index contributed by atoms with van der Waals surface area (Å²) < 4.78 is 16.5. The van der Waals surface area contributed by atoms with Crippen molar-refractivity contribution in [1.29, 1.82) is 0 Å². The molecule has 1 unspecified atom stereocenters. The van der Waals surface area contributed by atoms with Crippen molar-refractivity contribution in [2.24, 2.45) is 0 Å². The number of carbonyl (C=O) groups is 1. The molecule has 0 spiro atoms. The summed E-state index contributed by atoms with van der Waals surface area (Å²) >= 11 is 0. The summed E-state index contributed by atoms with van der Waals surface area (Å²) in [5.74, 6) is 0.0628. The summed E-state index contributed by atoms with van der Waals surface area (Å²) in [6.07, 6.45) is 3.02. The number of amides is 1. The summed E-state index contributed by atoms with van der Waals surface area (Å²) in [5.41, 5.74) is 1.41. The average molecular weight is 316 g/mol. The topological polar surface area (TPSA) is 64.8 Å². The number of fused-ring (bicyclic) bond motifs is 1. The van der Waals surface area contributed by atoms with Crippen LogP contribution in [0.4, 0.5) is 0 Å². The molecule has 23 heavy (non-hydrogen) atoms. The third kappa shape index (κ3) is 2.84. The monoisotopic (exact) mass is 316 g/mol. The second kappa shape index (κ2) is 6.29. The van der Waals surface area contributed by atoms with Gasteiger partial charge in [-0.05, 0) is 31.4 Å². The van der Waals surface area contributed by atoms with E-state index < -0.39 is 0 Å². The fourth-order valence-electron chi connectivity index (χ4n) is 3.46. The Labute approximate surface area is 134 Å². The molecular weight excluding hydrogens is 296 g/mol. The molecule has 0 radical (unpaired) electrons. The van der Waals surface area contributed by atoms with Crippen LogP contribution in [-0.2, 0) is 20.7 Å². The number of para-hydroxylation sites is 1. The zero-order valence-electron chi connectivity index (χ0n) is 12.9. The van der Waals surface area contributed by atoms with Crippen molar-refractivity contribution in [1.82, 2.24) is 10.1 Å². The Kier molecular flexibility index (Phi) is 4.01. The van der Waals surface area contributed by atoms with Gasteiger partial charge in [0.05, 0.1) is 25.7 Å². The molecular formula is C17H20N2O4. The highest BCUT2D eigenvalue weighted by Crippen LogP contribution is 2.26. The largest absolute Gasteiger partial charge is 0.356 e. The third-order valence-corrected chi connectivity index (χ3v) is 4.60. The zero-order valence-corrected chi connectivity index (χ0v) is 12.9. The lowest BCUT2D eigenvalue weighted by Crippen LogP contribution is -2.50. The van der Waals surface area contributed by atoms with Gasteiger partial charge in [-0.2, -0.15) is 0 Å². The first-order valence-electron chi connectivity index (χ1n) is 8.19. The Bertz CT molecular complexity index is 693. The maximum Gasteiger partial charge on any atom is 0.229 e. The molecule has 2 aliphatic heterocycles. The van der Waals surface area contributed by atoms with E-state index in [2.05, 4.69) is 5.16 Å². The van der Waals surface area contributed by atoms with Crippen LogP contribution in [0.25, 0.3) is 11.0 Å². The predicted octanol–water partition coefficient (Wildman–Crippen LogP) is 2.12. The summed E-state index contributed by atoms with van der Waals surface area (Å²) in [6, 6.07) is 7.63. The highest BCUT2D eigenvalue weighted by molar-refractivity contribution is 5.86. The van der Waals surface area contributed by atoms with Crippen LogP contribution in [0, 0.1) is 0 Å². The van der Waals surface area contributed by atoms with Gasteiger partial charge in [-0.15, -0.1) is 0 Å². The summed E-state index contributed by atoms with van der Waals surface area (Å²) in [4.78, 5) is 14.7. The Morgan fingerprint density at radius 3 is 2.91 bits per heavy atom. The summed E-state index contributed by atoms with van der Waals surface area (Å²) in [6.45, 7) is 1.97. The number of benzene rings is 1. The first-order valence-corrected chi connectivity index (χ1v) is 8.19. The van der Waals surface area contributed by atoms with Crippen molar-refractivity contribution < 1.29 is 18.8 Å². The number of aromatic nitrogens is 1. The van der Waals surface area contributed by atoms with E-state index in [9.17, 15) is 4.79 Å². The molecule has 2 aromatic rings. The van der Waals surface area contributed by atoms with Gasteiger partial charge < -0.3 is 18.9 Å². The molecule has 1 atom stereocenters. The average Bonchev–Trinajstić information content (AvgIpc) is 3.25. The van der Waals surface area contributed by atoms with Crippen LogP contribution < -0.4 is 0 Å². The van der Waals surface area contributed by atoms with Crippen LogP contribution in [0.15, 0.2) is 28.8 Å². The molecule has 2 saturated heterocycles. The number of carbonyl (C=O) groups excluding carboxylic acids is 1. The Morgan fingerprint density at radius 1 is 1.22 bits per heavy atom. The van der Waals surface area contributed by atoms with Crippen LogP contribution in [0.2, 0.25) is 0 Å². The lowest BCUT2D eigenvalue weighted by atomic mass is 10.0. The third-order valence-electron chi connectivity index (χ3n) is 4.60. The molecule has 1 amide bonds. The number of ether oxygens (including phenoxy) is 2. The van der Waals surface area contributed by atoms with Crippen molar-refractivity contribution in [3.8, 4) is 0 Å². The molecule has 0 aliphatic carbocycles. The number of nitrogens with zero attached hydrogens (tertiary/aromatic N) is 2. The van der Waals surface area contributed by atoms with Crippen LogP contribution in [0.1, 0.15) is 25.0 Å². The molecule has 6 nitrogen and oxygen atoms in total. The molecule has 6 heteroatoms. The van der Waals surface area contributed by atoms with Gasteiger partial charge in [0.1, 0.15) is 5.69 Å². The minimum absolute atomic E-state index is 0.0110.